The summed E-state index contributed by atoms with van der Waals surface area (Å²) in [4.78, 5) is 45.8. The van der Waals surface area contributed by atoms with Gasteiger partial charge in [0.15, 0.2) is 0 Å². The number of nitrogens with zero attached hydrogens (tertiary/aromatic N) is 3. The minimum atomic E-state index is -4.12. The normalized spacial score (nSPS) is 17.9. The molecule has 4 amide bonds. The average molecular weight is 585 g/mol. The van der Waals surface area contributed by atoms with Crippen LogP contribution in [0.1, 0.15) is 28.8 Å². The number of benzene rings is 3. The van der Waals surface area contributed by atoms with Gasteiger partial charge in [-0.2, -0.15) is 8.42 Å². The predicted octanol–water partition coefficient (Wildman–Crippen LogP) is 3.77. The predicted molar refractivity (Wildman–Crippen MR) is 154 cm³/mol. The maximum atomic E-state index is 13.1. The van der Waals surface area contributed by atoms with Gasteiger partial charge in [-0.15, -0.1) is 0 Å². The first-order valence-electron chi connectivity index (χ1n) is 13.6. The zero-order valence-electron chi connectivity index (χ0n) is 22.5. The molecule has 2 aliphatic heterocycles. The van der Waals surface area contributed by atoms with Crippen LogP contribution in [0.2, 0.25) is 0 Å². The van der Waals surface area contributed by atoms with Crippen molar-refractivity contribution in [2.75, 3.05) is 13.1 Å². The van der Waals surface area contributed by atoms with Crippen molar-refractivity contribution in [2.24, 2.45) is 0 Å². The molecule has 3 heterocycles. The smallest absolute Gasteiger partial charge is 0.339 e. The van der Waals surface area contributed by atoms with Crippen molar-refractivity contribution in [3.05, 3.63) is 102 Å². The van der Waals surface area contributed by atoms with Gasteiger partial charge in [0.05, 0.1) is 0 Å². The van der Waals surface area contributed by atoms with Crippen LogP contribution in [0.5, 0.6) is 5.75 Å². The number of carbonyl (C=O) groups excluding carboxylic acids is 3. The molecule has 0 radical (unpaired) electrons. The number of aromatic nitrogens is 1. The number of piperidine rings is 1. The lowest BCUT2D eigenvalue weighted by molar-refractivity contribution is -0.121. The Morgan fingerprint density at radius 3 is 2.40 bits per heavy atom. The molecular formula is C31H28N4O6S. The van der Waals surface area contributed by atoms with Crippen molar-refractivity contribution in [3.63, 3.8) is 0 Å². The molecule has 42 heavy (non-hydrogen) atoms. The number of pyridine rings is 1. The number of hydrogen-bond acceptors (Lipinski definition) is 7. The van der Waals surface area contributed by atoms with Crippen LogP contribution in [-0.2, 0) is 21.3 Å². The number of rotatable bonds is 7. The Labute approximate surface area is 243 Å². The van der Waals surface area contributed by atoms with E-state index in [2.05, 4.69) is 10.3 Å². The van der Waals surface area contributed by atoms with Crippen LogP contribution in [0.3, 0.4) is 0 Å². The highest BCUT2D eigenvalue weighted by Crippen LogP contribution is 2.28. The van der Waals surface area contributed by atoms with E-state index in [-0.39, 0.29) is 34.9 Å². The first kappa shape index (κ1) is 27.4. The monoisotopic (exact) mass is 584 g/mol. The van der Waals surface area contributed by atoms with Crippen LogP contribution < -0.4 is 9.50 Å². The minimum Gasteiger partial charge on any atom is -0.379 e. The van der Waals surface area contributed by atoms with Gasteiger partial charge < -0.3 is 14.0 Å². The van der Waals surface area contributed by atoms with Crippen molar-refractivity contribution in [3.8, 4) is 5.75 Å². The molecule has 2 saturated heterocycles. The summed E-state index contributed by atoms with van der Waals surface area (Å²) in [5.41, 5.74) is 1.37. The summed E-state index contributed by atoms with van der Waals surface area (Å²) in [6, 6.07) is 20.7. The third kappa shape index (κ3) is 5.42. The number of carbonyl (C=O) groups is 3. The molecule has 11 heteroatoms. The van der Waals surface area contributed by atoms with E-state index in [1.807, 2.05) is 18.2 Å². The Hall–Kier alpha value is -4.77. The molecule has 1 unspecified atom stereocenters. The molecule has 214 valence electrons. The van der Waals surface area contributed by atoms with E-state index in [0.717, 1.165) is 5.56 Å². The number of likely N-dealkylation sites (tertiary alicyclic amines) is 1. The largest absolute Gasteiger partial charge is 0.379 e. The highest BCUT2D eigenvalue weighted by Gasteiger charge is 2.43. The molecule has 0 spiro atoms. The van der Waals surface area contributed by atoms with Gasteiger partial charge in [0.2, 0.25) is 0 Å². The standard InChI is InChI=1S/C31H28N4O6S/c36-29-27(35(31(38)33-29)24-14-17-34(18-15-24)30(37)22-5-2-1-3-6-22)19-21-9-11-25(12-10-21)41-42(39,40)28-8-4-7-23-20-32-16-13-26(23)28/h1-13,16,20,24,27H,14-15,17-19H2,(H,33,36,38). The minimum absolute atomic E-state index is 0.0415. The summed E-state index contributed by atoms with van der Waals surface area (Å²) in [6.45, 7) is 0.966. The molecule has 2 aliphatic rings. The molecule has 1 aromatic heterocycles. The van der Waals surface area contributed by atoms with Gasteiger partial charge in [0.25, 0.3) is 11.8 Å². The van der Waals surface area contributed by atoms with Crippen molar-refractivity contribution in [1.82, 2.24) is 20.1 Å². The van der Waals surface area contributed by atoms with E-state index in [1.54, 1.807) is 58.5 Å². The van der Waals surface area contributed by atoms with Gasteiger partial charge in [-0.3, -0.25) is 19.9 Å². The number of imide groups is 1. The van der Waals surface area contributed by atoms with Gasteiger partial charge >= 0.3 is 16.1 Å². The maximum Gasteiger partial charge on any atom is 0.339 e. The van der Waals surface area contributed by atoms with Crippen LogP contribution >= 0.6 is 0 Å². The SMILES string of the molecule is O=C1NC(=O)N(C2CCN(C(=O)c3ccccc3)CC2)C1Cc1ccc(OS(=O)(=O)c2cccc3cnccc23)cc1. The fraction of sp³-hybridized carbons (Fsp3) is 0.226. The Balaban J connectivity index is 1.12. The molecule has 0 saturated carbocycles. The van der Waals surface area contributed by atoms with Crippen LogP contribution in [0, 0.1) is 0 Å². The number of fused-ring (bicyclic) bond motifs is 1. The van der Waals surface area contributed by atoms with E-state index in [0.29, 0.717) is 42.3 Å². The van der Waals surface area contributed by atoms with Gasteiger partial charge in [-0.05, 0) is 54.8 Å². The molecule has 1 N–H and O–H groups in total. The molecular weight excluding hydrogens is 556 g/mol. The van der Waals surface area contributed by atoms with E-state index in [9.17, 15) is 22.8 Å². The summed E-state index contributed by atoms with van der Waals surface area (Å²) >= 11 is 0. The van der Waals surface area contributed by atoms with E-state index in [1.165, 1.54) is 24.4 Å². The zero-order valence-corrected chi connectivity index (χ0v) is 23.4. The molecule has 0 bridgehead atoms. The molecule has 0 aliphatic carbocycles. The fourth-order valence-corrected chi connectivity index (χ4v) is 6.78. The summed E-state index contributed by atoms with van der Waals surface area (Å²) in [5, 5.41) is 3.62. The summed E-state index contributed by atoms with van der Waals surface area (Å²) in [5.74, 6) is -0.297. The van der Waals surface area contributed by atoms with E-state index >= 15 is 0 Å². The Bertz CT molecular complexity index is 1750. The van der Waals surface area contributed by atoms with Crippen molar-refractivity contribution >= 4 is 38.7 Å². The van der Waals surface area contributed by atoms with Crippen molar-refractivity contribution in [2.45, 2.75) is 36.2 Å². The van der Waals surface area contributed by atoms with Gasteiger partial charge in [0.1, 0.15) is 16.7 Å². The second-order valence-electron chi connectivity index (χ2n) is 10.3. The molecule has 2 fully saturated rings. The number of urea groups is 1. The third-order valence-corrected chi connectivity index (χ3v) is 9.04. The first-order valence-corrected chi connectivity index (χ1v) is 15.0. The van der Waals surface area contributed by atoms with E-state index < -0.39 is 22.2 Å². The summed E-state index contributed by atoms with van der Waals surface area (Å²) in [6.07, 6.45) is 4.49. The average Bonchev–Trinajstić information content (AvgIpc) is 3.29. The Morgan fingerprint density at radius 1 is 0.929 bits per heavy atom. The summed E-state index contributed by atoms with van der Waals surface area (Å²) in [7, 11) is -4.12. The lowest BCUT2D eigenvalue weighted by Gasteiger charge is -2.38. The molecule has 10 nitrogen and oxygen atoms in total. The Kier molecular flexibility index (Phi) is 7.34. The van der Waals surface area contributed by atoms with E-state index in [4.69, 9.17) is 4.18 Å². The number of amides is 4. The highest BCUT2D eigenvalue weighted by molar-refractivity contribution is 7.87. The second-order valence-corrected chi connectivity index (χ2v) is 11.9. The third-order valence-electron chi connectivity index (χ3n) is 7.74. The van der Waals surface area contributed by atoms with Crippen molar-refractivity contribution in [1.29, 1.82) is 0 Å². The van der Waals surface area contributed by atoms with Crippen LogP contribution in [0.15, 0.2) is 96.2 Å². The number of nitrogens with one attached hydrogen (secondary N) is 1. The fourth-order valence-electron chi connectivity index (χ4n) is 5.63. The molecule has 1 atom stereocenters. The lowest BCUT2D eigenvalue weighted by atomic mass is 9.98. The van der Waals surface area contributed by atoms with Gasteiger partial charge in [-0.25, -0.2) is 4.79 Å². The Morgan fingerprint density at radius 2 is 1.67 bits per heavy atom. The second kappa shape index (κ2) is 11.2. The van der Waals surface area contributed by atoms with Crippen LogP contribution in [-0.4, -0.2) is 66.2 Å². The van der Waals surface area contributed by atoms with Gasteiger partial charge in [-0.1, -0.05) is 42.5 Å². The van der Waals surface area contributed by atoms with Crippen molar-refractivity contribution < 1.29 is 27.0 Å². The first-order chi connectivity index (χ1) is 20.3. The highest BCUT2D eigenvalue weighted by atomic mass is 32.2. The molecule has 6 rings (SSSR count). The molecule has 3 aromatic carbocycles. The topological polar surface area (TPSA) is 126 Å². The zero-order chi connectivity index (χ0) is 29.3. The lowest BCUT2D eigenvalue weighted by Crippen LogP contribution is -2.50. The summed E-state index contributed by atoms with van der Waals surface area (Å²) < 4.78 is 31.5. The quantitative estimate of drug-likeness (QED) is 0.259. The van der Waals surface area contributed by atoms with Crippen LogP contribution in [0.4, 0.5) is 4.79 Å². The molecule has 4 aromatic rings. The number of hydrogen-bond donors (Lipinski definition) is 1. The van der Waals surface area contributed by atoms with Gasteiger partial charge in [0, 0.05) is 54.3 Å². The van der Waals surface area contributed by atoms with Crippen LogP contribution in [0.25, 0.3) is 10.8 Å². The maximum absolute atomic E-state index is 13.1.